The minimum atomic E-state index is 0.0253. The van der Waals surface area contributed by atoms with Crippen molar-refractivity contribution in [1.29, 1.82) is 0 Å². The summed E-state index contributed by atoms with van der Waals surface area (Å²) in [5.74, 6) is 0.490. The Kier molecular flexibility index (Phi) is 2.80. The van der Waals surface area contributed by atoms with Gasteiger partial charge in [0.05, 0.1) is 18.1 Å². The molecule has 0 radical (unpaired) electrons. The number of amides is 1. The van der Waals surface area contributed by atoms with Crippen LogP contribution >= 0.6 is 0 Å². The van der Waals surface area contributed by atoms with E-state index >= 15 is 0 Å². The molecule has 0 bridgehead atoms. The minimum absolute atomic E-state index is 0.0253. The van der Waals surface area contributed by atoms with E-state index in [1.165, 1.54) is 12.4 Å². The van der Waals surface area contributed by atoms with Gasteiger partial charge in [-0.05, 0) is 12.8 Å². The van der Waals surface area contributed by atoms with E-state index in [1.54, 1.807) is 0 Å². The molecule has 5 heteroatoms. The van der Waals surface area contributed by atoms with Crippen molar-refractivity contribution in [1.82, 2.24) is 9.97 Å². The van der Waals surface area contributed by atoms with Gasteiger partial charge in [-0.15, -0.1) is 0 Å². The molecule has 15 heavy (non-hydrogen) atoms. The summed E-state index contributed by atoms with van der Waals surface area (Å²) in [6.07, 6.45) is 7.19. The first-order valence-electron chi connectivity index (χ1n) is 5.14. The second-order valence-electron chi connectivity index (χ2n) is 3.81. The van der Waals surface area contributed by atoms with Gasteiger partial charge in [0.15, 0.2) is 0 Å². The normalized spacial score (nSPS) is 16.5. The van der Waals surface area contributed by atoms with Gasteiger partial charge in [0.2, 0.25) is 11.9 Å². The summed E-state index contributed by atoms with van der Waals surface area (Å²) in [6.45, 7) is 0. The summed E-state index contributed by atoms with van der Waals surface area (Å²) in [4.78, 5) is 19.5. The van der Waals surface area contributed by atoms with E-state index in [0.717, 1.165) is 25.7 Å². The number of hydrogen-bond acceptors (Lipinski definition) is 4. The fourth-order valence-electron chi connectivity index (χ4n) is 1.80. The van der Waals surface area contributed by atoms with E-state index in [-0.39, 0.29) is 11.8 Å². The minimum Gasteiger partial charge on any atom is -0.396 e. The highest BCUT2D eigenvalue weighted by molar-refractivity contribution is 5.91. The SMILES string of the molecule is Nc1cnc(NC(=O)C2CCCC2)nc1. The average molecular weight is 206 g/mol. The predicted octanol–water partition coefficient (Wildman–Crippen LogP) is 1.19. The summed E-state index contributed by atoms with van der Waals surface area (Å²) in [5, 5.41) is 2.69. The molecule has 3 N–H and O–H groups in total. The number of nitrogens with two attached hydrogens (primary N) is 1. The monoisotopic (exact) mass is 206 g/mol. The van der Waals surface area contributed by atoms with E-state index in [4.69, 9.17) is 5.73 Å². The molecule has 0 aliphatic heterocycles. The summed E-state index contributed by atoms with van der Waals surface area (Å²) < 4.78 is 0. The lowest BCUT2D eigenvalue weighted by Crippen LogP contribution is -2.21. The molecule has 0 unspecified atom stereocenters. The highest BCUT2D eigenvalue weighted by Crippen LogP contribution is 2.25. The molecule has 1 saturated carbocycles. The maximum absolute atomic E-state index is 11.7. The third-order valence-electron chi connectivity index (χ3n) is 2.63. The Morgan fingerprint density at radius 3 is 2.53 bits per heavy atom. The Morgan fingerprint density at radius 2 is 1.93 bits per heavy atom. The van der Waals surface area contributed by atoms with Gasteiger partial charge in [0.1, 0.15) is 0 Å². The van der Waals surface area contributed by atoms with Gasteiger partial charge < -0.3 is 5.73 Å². The maximum Gasteiger partial charge on any atom is 0.229 e. The van der Waals surface area contributed by atoms with Crippen molar-refractivity contribution in [2.45, 2.75) is 25.7 Å². The summed E-state index contributed by atoms with van der Waals surface area (Å²) in [7, 11) is 0. The zero-order valence-electron chi connectivity index (χ0n) is 8.44. The number of nitrogen functional groups attached to an aromatic ring is 1. The quantitative estimate of drug-likeness (QED) is 0.761. The van der Waals surface area contributed by atoms with Gasteiger partial charge in [-0.2, -0.15) is 0 Å². The highest BCUT2D eigenvalue weighted by atomic mass is 16.2. The standard InChI is InChI=1S/C10H14N4O/c11-8-5-12-10(13-6-8)14-9(15)7-3-1-2-4-7/h5-7H,1-4,11H2,(H,12,13,14,15). The third kappa shape index (κ3) is 2.43. The Bertz CT molecular complexity index is 343. The largest absolute Gasteiger partial charge is 0.396 e. The van der Waals surface area contributed by atoms with E-state index in [0.29, 0.717) is 11.6 Å². The maximum atomic E-state index is 11.7. The molecule has 2 rings (SSSR count). The molecule has 0 saturated heterocycles. The van der Waals surface area contributed by atoms with Crippen LogP contribution in [0.2, 0.25) is 0 Å². The number of carbonyl (C=O) groups excluding carboxylic acids is 1. The molecule has 0 atom stereocenters. The fourth-order valence-corrected chi connectivity index (χ4v) is 1.80. The first-order chi connectivity index (χ1) is 7.25. The molecule has 0 aromatic carbocycles. The van der Waals surface area contributed by atoms with Crippen molar-refractivity contribution in [2.75, 3.05) is 11.1 Å². The molecule has 1 amide bonds. The fraction of sp³-hybridized carbons (Fsp3) is 0.500. The van der Waals surface area contributed by atoms with E-state index in [1.807, 2.05) is 0 Å². The van der Waals surface area contributed by atoms with Crippen LogP contribution in [0.25, 0.3) is 0 Å². The number of aromatic nitrogens is 2. The van der Waals surface area contributed by atoms with Crippen LogP contribution in [0.5, 0.6) is 0 Å². The topological polar surface area (TPSA) is 80.9 Å². The second kappa shape index (κ2) is 4.25. The third-order valence-corrected chi connectivity index (χ3v) is 2.63. The Morgan fingerprint density at radius 1 is 1.33 bits per heavy atom. The second-order valence-corrected chi connectivity index (χ2v) is 3.81. The predicted molar refractivity (Wildman–Crippen MR) is 57.0 cm³/mol. The van der Waals surface area contributed by atoms with Crippen LogP contribution in [0.15, 0.2) is 12.4 Å². The molecular weight excluding hydrogens is 192 g/mol. The van der Waals surface area contributed by atoms with Crippen LogP contribution in [-0.4, -0.2) is 15.9 Å². The molecule has 1 aliphatic carbocycles. The molecule has 1 aromatic heterocycles. The van der Waals surface area contributed by atoms with Crippen LogP contribution in [-0.2, 0) is 4.79 Å². The number of hydrogen-bond donors (Lipinski definition) is 2. The zero-order chi connectivity index (χ0) is 10.7. The van der Waals surface area contributed by atoms with Crippen LogP contribution in [0, 0.1) is 5.92 Å². The van der Waals surface area contributed by atoms with E-state index in [9.17, 15) is 4.79 Å². The highest BCUT2D eigenvalue weighted by Gasteiger charge is 2.22. The lowest BCUT2D eigenvalue weighted by atomic mass is 10.1. The van der Waals surface area contributed by atoms with Gasteiger partial charge >= 0.3 is 0 Å². The van der Waals surface area contributed by atoms with Crippen LogP contribution in [0.3, 0.4) is 0 Å². The molecule has 1 fully saturated rings. The zero-order valence-corrected chi connectivity index (χ0v) is 8.44. The summed E-state index contributed by atoms with van der Waals surface area (Å²) in [5.41, 5.74) is 5.94. The van der Waals surface area contributed by atoms with Gasteiger partial charge in [0, 0.05) is 5.92 Å². The summed E-state index contributed by atoms with van der Waals surface area (Å²) in [6, 6.07) is 0. The smallest absolute Gasteiger partial charge is 0.229 e. The Labute approximate surface area is 88.1 Å². The lowest BCUT2D eigenvalue weighted by Gasteiger charge is -2.08. The van der Waals surface area contributed by atoms with Gasteiger partial charge in [-0.3, -0.25) is 10.1 Å². The lowest BCUT2D eigenvalue weighted by molar-refractivity contribution is -0.119. The molecule has 1 aromatic rings. The molecule has 1 aliphatic rings. The average Bonchev–Trinajstić information content (AvgIpc) is 2.74. The van der Waals surface area contributed by atoms with Gasteiger partial charge in [-0.25, -0.2) is 9.97 Å². The van der Waals surface area contributed by atoms with Crippen LogP contribution in [0.1, 0.15) is 25.7 Å². The first-order valence-corrected chi connectivity index (χ1v) is 5.14. The molecular formula is C10H14N4O. The number of nitrogens with one attached hydrogen (secondary N) is 1. The van der Waals surface area contributed by atoms with E-state index < -0.39 is 0 Å². The Balaban J connectivity index is 1.96. The van der Waals surface area contributed by atoms with Crippen molar-refractivity contribution in [3.63, 3.8) is 0 Å². The number of rotatable bonds is 2. The van der Waals surface area contributed by atoms with Gasteiger partial charge in [0.25, 0.3) is 0 Å². The number of carbonyl (C=O) groups is 1. The van der Waals surface area contributed by atoms with Crippen molar-refractivity contribution >= 4 is 17.5 Å². The van der Waals surface area contributed by atoms with Crippen molar-refractivity contribution in [3.05, 3.63) is 12.4 Å². The number of anilines is 2. The Hall–Kier alpha value is -1.65. The number of nitrogens with zero attached hydrogens (tertiary/aromatic N) is 2. The summed E-state index contributed by atoms with van der Waals surface area (Å²) >= 11 is 0. The molecule has 0 spiro atoms. The van der Waals surface area contributed by atoms with Crippen molar-refractivity contribution < 1.29 is 4.79 Å². The molecule has 5 nitrogen and oxygen atoms in total. The van der Waals surface area contributed by atoms with Crippen molar-refractivity contribution in [2.24, 2.45) is 5.92 Å². The van der Waals surface area contributed by atoms with Crippen LogP contribution < -0.4 is 11.1 Å². The first kappa shape index (κ1) is 9.89. The molecule has 1 heterocycles. The molecule has 80 valence electrons. The van der Waals surface area contributed by atoms with Gasteiger partial charge in [-0.1, -0.05) is 12.8 Å². The van der Waals surface area contributed by atoms with Crippen LogP contribution in [0.4, 0.5) is 11.6 Å². The van der Waals surface area contributed by atoms with Crippen molar-refractivity contribution in [3.8, 4) is 0 Å². The van der Waals surface area contributed by atoms with E-state index in [2.05, 4.69) is 15.3 Å².